The van der Waals surface area contributed by atoms with E-state index in [1.807, 2.05) is 6.92 Å². The number of rotatable bonds is 4. The van der Waals surface area contributed by atoms with Crippen LogP contribution in [0, 0.1) is 6.92 Å². The maximum absolute atomic E-state index is 6.16. The lowest BCUT2D eigenvalue weighted by molar-refractivity contribution is 0.129. The maximum Gasteiger partial charge on any atom is 0.136 e. The molecule has 0 spiro atoms. The van der Waals surface area contributed by atoms with Gasteiger partial charge in [-0.25, -0.2) is 9.97 Å². The van der Waals surface area contributed by atoms with Gasteiger partial charge in [-0.2, -0.15) is 0 Å². The van der Waals surface area contributed by atoms with E-state index in [0.29, 0.717) is 17.2 Å². The lowest BCUT2D eigenvalue weighted by Crippen LogP contribution is -2.09. The van der Waals surface area contributed by atoms with Crippen LogP contribution in [0.3, 0.4) is 0 Å². The first kappa shape index (κ1) is 14.1. The van der Waals surface area contributed by atoms with Crippen molar-refractivity contribution in [1.82, 2.24) is 9.97 Å². The van der Waals surface area contributed by atoms with Gasteiger partial charge in [-0.3, -0.25) is 0 Å². The van der Waals surface area contributed by atoms with Gasteiger partial charge in [0.05, 0.1) is 6.10 Å². The van der Waals surface area contributed by atoms with Crippen LogP contribution in [0.2, 0.25) is 5.15 Å². The van der Waals surface area contributed by atoms with Gasteiger partial charge in [0.2, 0.25) is 0 Å². The third-order valence-corrected chi connectivity index (χ3v) is 4.58. The fourth-order valence-corrected chi connectivity index (χ4v) is 3.14. The van der Waals surface area contributed by atoms with Crippen LogP contribution in [-0.2, 0) is 4.74 Å². The van der Waals surface area contributed by atoms with E-state index in [0.717, 1.165) is 35.2 Å². The molecular weight excluding hydrogens is 268 g/mol. The fourth-order valence-electron chi connectivity index (χ4n) is 1.83. The number of hydrogen-bond donors (Lipinski definition) is 0. The van der Waals surface area contributed by atoms with Crippen molar-refractivity contribution in [2.45, 2.75) is 50.7 Å². The monoisotopic (exact) mass is 286 g/mol. The topological polar surface area (TPSA) is 35.0 Å². The summed E-state index contributed by atoms with van der Waals surface area (Å²) >= 11 is 7.89. The molecule has 1 aromatic rings. The van der Waals surface area contributed by atoms with Gasteiger partial charge < -0.3 is 4.74 Å². The highest BCUT2D eigenvalue weighted by molar-refractivity contribution is 7.99. The van der Waals surface area contributed by atoms with E-state index in [1.165, 1.54) is 6.42 Å². The molecular formula is C13H19ClN2OS. The van der Waals surface area contributed by atoms with Gasteiger partial charge in [-0.1, -0.05) is 25.4 Å². The van der Waals surface area contributed by atoms with Crippen molar-refractivity contribution in [3.8, 4) is 0 Å². The lowest BCUT2D eigenvalue weighted by atomic mass is 10.2. The van der Waals surface area contributed by atoms with E-state index in [9.17, 15) is 0 Å². The van der Waals surface area contributed by atoms with E-state index < -0.39 is 0 Å². The lowest BCUT2D eigenvalue weighted by Gasteiger charge is -2.12. The molecule has 1 saturated heterocycles. The molecule has 3 nitrogen and oxygen atoms in total. The van der Waals surface area contributed by atoms with Crippen molar-refractivity contribution in [1.29, 1.82) is 0 Å². The molecule has 2 heterocycles. The van der Waals surface area contributed by atoms with Crippen LogP contribution >= 0.6 is 23.4 Å². The van der Waals surface area contributed by atoms with E-state index in [1.54, 1.807) is 11.8 Å². The van der Waals surface area contributed by atoms with Crippen LogP contribution in [0.25, 0.3) is 0 Å². The Kier molecular flexibility index (Phi) is 4.87. The quantitative estimate of drug-likeness (QED) is 0.622. The molecule has 1 unspecified atom stereocenters. The van der Waals surface area contributed by atoms with Crippen molar-refractivity contribution in [2.75, 3.05) is 12.4 Å². The molecule has 0 aliphatic carbocycles. The Hall–Kier alpha value is -0.320. The molecule has 0 N–H and O–H groups in total. The predicted molar refractivity (Wildman–Crippen MR) is 75.6 cm³/mol. The summed E-state index contributed by atoms with van der Waals surface area (Å²) in [5.41, 5.74) is 0.976. The number of ether oxygens (including phenoxy) is 1. The Morgan fingerprint density at radius 1 is 1.44 bits per heavy atom. The van der Waals surface area contributed by atoms with Crippen LogP contribution in [0.5, 0.6) is 0 Å². The minimum Gasteiger partial charge on any atom is -0.377 e. The summed E-state index contributed by atoms with van der Waals surface area (Å²) in [7, 11) is 0. The Morgan fingerprint density at radius 3 is 2.83 bits per heavy atom. The summed E-state index contributed by atoms with van der Waals surface area (Å²) in [5, 5.41) is 1.57. The van der Waals surface area contributed by atoms with Crippen LogP contribution in [-0.4, -0.2) is 28.4 Å². The molecule has 18 heavy (non-hydrogen) atoms. The number of aromatic nitrogens is 2. The highest BCUT2D eigenvalue weighted by Crippen LogP contribution is 2.29. The van der Waals surface area contributed by atoms with Gasteiger partial charge in [0.15, 0.2) is 0 Å². The smallest absolute Gasteiger partial charge is 0.136 e. The maximum atomic E-state index is 6.16. The van der Waals surface area contributed by atoms with Crippen molar-refractivity contribution in [3.05, 3.63) is 16.5 Å². The van der Waals surface area contributed by atoms with Gasteiger partial charge in [-0.05, 0) is 19.8 Å². The SMILES string of the molecule is Cc1c(Cl)nc(C(C)C)nc1SCC1CCCO1. The molecule has 1 aliphatic heterocycles. The van der Waals surface area contributed by atoms with Crippen molar-refractivity contribution < 1.29 is 4.74 Å². The average Bonchev–Trinajstić information content (AvgIpc) is 2.83. The van der Waals surface area contributed by atoms with E-state index >= 15 is 0 Å². The first-order valence-electron chi connectivity index (χ1n) is 6.36. The van der Waals surface area contributed by atoms with Crippen LogP contribution < -0.4 is 0 Å². The van der Waals surface area contributed by atoms with Crippen molar-refractivity contribution in [2.24, 2.45) is 0 Å². The average molecular weight is 287 g/mol. The standard InChI is InChI=1S/C13H19ClN2OS/c1-8(2)12-15-11(14)9(3)13(16-12)18-7-10-5-4-6-17-10/h8,10H,4-7H2,1-3H3. The van der Waals surface area contributed by atoms with Gasteiger partial charge in [0.25, 0.3) is 0 Å². The zero-order chi connectivity index (χ0) is 13.1. The molecule has 0 bridgehead atoms. The summed E-state index contributed by atoms with van der Waals surface area (Å²) in [4.78, 5) is 8.93. The molecule has 5 heteroatoms. The summed E-state index contributed by atoms with van der Waals surface area (Å²) in [5.74, 6) is 2.07. The highest BCUT2D eigenvalue weighted by Gasteiger charge is 2.18. The van der Waals surface area contributed by atoms with Crippen LogP contribution in [0.1, 0.15) is 44.0 Å². The molecule has 1 aromatic heterocycles. The highest BCUT2D eigenvalue weighted by atomic mass is 35.5. The number of nitrogens with zero attached hydrogens (tertiary/aromatic N) is 2. The second kappa shape index (κ2) is 6.22. The van der Waals surface area contributed by atoms with Gasteiger partial charge in [0.1, 0.15) is 16.0 Å². The third kappa shape index (κ3) is 3.37. The zero-order valence-corrected chi connectivity index (χ0v) is 12.6. The second-order valence-electron chi connectivity index (χ2n) is 4.90. The molecule has 0 aromatic carbocycles. The summed E-state index contributed by atoms with van der Waals surface area (Å²) in [6.45, 7) is 7.03. The molecule has 0 amide bonds. The summed E-state index contributed by atoms with van der Waals surface area (Å²) in [6.07, 6.45) is 2.69. The van der Waals surface area contributed by atoms with E-state index in [4.69, 9.17) is 16.3 Å². The second-order valence-corrected chi connectivity index (χ2v) is 6.27. The first-order chi connectivity index (χ1) is 8.58. The summed E-state index contributed by atoms with van der Waals surface area (Å²) in [6, 6.07) is 0. The van der Waals surface area contributed by atoms with Gasteiger partial charge in [0, 0.05) is 23.8 Å². The number of thioether (sulfide) groups is 1. The molecule has 2 rings (SSSR count). The van der Waals surface area contributed by atoms with E-state index in [2.05, 4.69) is 23.8 Å². The number of halogens is 1. The Balaban J connectivity index is 2.10. The molecule has 1 aliphatic rings. The molecule has 100 valence electrons. The van der Waals surface area contributed by atoms with Crippen molar-refractivity contribution >= 4 is 23.4 Å². The number of hydrogen-bond acceptors (Lipinski definition) is 4. The molecule has 0 radical (unpaired) electrons. The minimum absolute atomic E-state index is 0.296. The van der Waals surface area contributed by atoms with E-state index in [-0.39, 0.29) is 0 Å². The Bertz CT molecular complexity index is 420. The normalized spacial score (nSPS) is 19.7. The third-order valence-electron chi connectivity index (χ3n) is 3.01. The molecule has 1 fully saturated rings. The largest absolute Gasteiger partial charge is 0.377 e. The summed E-state index contributed by atoms with van der Waals surface area (Å²) < 4.78 is 5.63. The van der Waals surface area contributed by atoms with Gasteiger partial charge >= 0.3 is 0 Å². The molecule has 1 atom stereocenters. The van der Waals surface area contributed by atoms with Crippen LogP contribution in [0.15, 0.2) is 5.03 Å². The van der Waals surface area contributed by atoms with Crippen molar-refractivity contribution in [3.63, 3.8) is 0 Å². The van der Waals surface area contributed by atoms with Crippen LogP contribution in [0.4, 0.5) is 0 Å². The Morgan fingerprint density at radius 2 is 2.22 bits per heavy atom. The zero-order valence-electron chi connectivity index (χ0n) is 11.1. The molecule has 0 saturated carbocycles. The van der Waals surface area contributed by atoms with Gasteiger partial charge in [-0.15, -0.1) is 11.8 Å². The fraction of sp³-hybridized carbons (Fsp3) is 0.692. The predicted octanol–water partition coefficient (Wildman–Crippen LogP) is 3.83. The first-order valence-corrected chi connectivity index (χ1v) is 7.72. The minimum atomic E-state index is 0.296. The Labute approximate surface area is 118 Å².